The molecule has 0 aromatic heterocycles. The molecule has 1 N–H and O–H groups in total. The number of hydrogen-bond acceptors (Lipinski definition) is 3. The summed E-state index contributed by atoms with van der Waals surface area (Å²) in [6.45, 7) is 8.81. The summed E-state index contributed by atoms with van der Waals surface area (Å²) in [6.07, 6.45) is 1.000. The van der Waals surface area contributed by atoms with E-state index in [0.29, 0.717) is 19.5 Å². The van der Waals surface area contributed by atoms with Crippen molar-refractivity contribution in [3.8, 4) is 0 Å². The number of aliphatic hydroxyl groups is 1. The van der Waals surface area contributed by atoms with Crippen molar-refractivity contribution in [2.45, 2.75) is 52.2 Å². The van der Waals surface area contributed by atoms with Gasteiger partial charge in [-0.05, 0) is 33.6 Å². The number of hydrogen-bond donors (Lipinski definition) is 1. The number of rotatable bonds is 1. The molecule has 1 rings (SSSR count). The van der Waals surface area contributed by atoms with Crippen LogP contribution in [0.4, 0.5) is 4.79 Å². The van der Waals surface area contributed by atoms with Gasteiger partial charge >= 0.3 is 6.09 Å². The van der Waals surface area contributed by atoms with E-state index in [1.807, 2.05) is 27.7 Å². The lowest BCUT2D eigenvalue weighted by molar-refractivity contribution is -0.00896. The molecule has 1 amide bonds. The van der Waals surface area contributed by atoms with Crippen LogP contribution in [0.1, 0.15) is 40.5 Å². The summed E-state index contributed by atoms with van der Waals surface area (Å²) in [5, 5.41) is 9.72. The zero-order valence-corrected chi connectivity index (χ0v) is 10.7. The molecule has 1 aliphatic heterocycles. The lowest BCUT2D eigenvalue weighted by Gasteiger charge is -2.36. The van der Waals surface area contributed by atoms with Crippen molar-refractivity contribution >= 4 is 6.09 Å². The summed E-state index contributed by atoms with van der Waals surface area (Å²) < 4.78 is 5.31. The highest BCUT2D eigenvalue weighted by atomic mass is 16.6. The average molecular weight is 229 g/mol. The molecule has 0 radical (unpaired) electrons. The molecule has 0 aromatic carbocycles. The first kappa shape index (κ1) is 13.3. The molecule has 0 aromatic rings. The van der Waals surface area contributed by atoms with Crippen LogP contribution in [0.2, 0.25) is 0 Å². The number of ether oxygens (including phenoxy) is 1. The quantitative estimate of drug-likeness (QED) is 0.748. The van der Waals surface area contributed by atoms with E-state index in [4.69, 9.17) is 4.74 Å². The standard InChI is InChI=1S/C12H23NO3/c1-5-9-8-13(7-6-10(9)14)11(15)16-12(2,3)4/h9-10,14H,5-8H2,1-4H3. The maximum atomic E-state index is 11.8. The Morgan fingerprint density at radius 2 is 2.12 bits per heavy atom. The Hall–Kier alpha value is -0.770. The van der Waals surface area contributed by atoms with Crippen molar-refractivity contribution in [2.75, 3.05) is 13.1 Å². The van der Waals surface area contributed by atoms with Crippen LogP contribution in [-0.4, -0.2) is 40.9 Å². The Bertz CT molecular complexity index is 247. The third kappa shape index (κ3) is 3.67. The van der Waals surface area contributed by atoms with Crippen molar-refractivity contribution in [3.05, 3.63) is 0 Å². The van der Waals surface area contributed by atoms with Crippen LogP contribution in [0.5, 0.6) is 0 Å². The smallest absolute Gasteiger partial charge is 0.410 e. The summed E-state index contributed by atoms with van der Waals surface area (Å²) in [7, 11) is 0. The van der Waals surface area contributed by atoms with Crippen molar-refractivity contribution < 1.29 is 14.6 Å². The molecule has 0 saturated carbocycles. The van der Waals surface area contributed by atoms with Gasteiger partial charge in [-0.3, -0.25) is 0 Å². The van der Waals surface area contributed by atoms with E-state index in [-0.39, 0.29) is 18.1 Å². The minimum Gasteiger partial charge on any atom is -0.444 e. The molecule has 0 bridgehead atoms. The van der Waals surface area contributed by atoms with Crippen molar-refractivity contribution in [1.29, 1.82) is 0 Å². The highest BCUT2D eigenvalue weighted by Crippen LogP contribution is 2.21. The van der Waals surface area contributed by atoms with E-state index in [1.54, 1.807) is 4.90 Å². The van der Waals surface area contributed by atoms with E-state index < -0.39 is 5.60 Å². The molecule has 1 fully saturated rings. The van der Waals surface area contributed by atoms with Crippen LogP contribution in [0.3, 0.4) is 0 Å². The summed E-state index contributed by atoms with van der Waals surface area (Å²) in [6, 6.07) is 0. The maximum Gasteiger partial charge on any atom is 0.410 e. The molecule has 2 atom stereocenters. The Balaban J connectivity index is 2.52. The maximum absolute atomic E-state index is 11.8. The van der Waals surface area contributed by atoms with Crippen LogP contribution in [-0.2, 0) is 4.74 Å². The lowest BCUT2D eigenvalue weighted by atomic mass is 9.93. The van der Waals surface area contributed by atoms with Crippen LogP contribution < -0.4 is 0 Å². The number of aliphatic hydroxyl groups excluding tert-OH is 1. The van der Waals surface area contributed by atoms with Gasteiger partial charge < -0.3 is 14.7 Å². The fourth-order valence-corrected chi connectivity index (χ4v) is 1.91. The van der Waals surface area contributed by atoms with Crippen molar-refractivity contribution in [2.24, 2.45) is 5.92 Å². The van der Waals surface area contributed by atoms with E-state index in [9.17, 15) is 9.90 Å². The minimum absolute atomic E-state index is 0.182. The van der Waals surface area contributed by atoms with Crippen LogP contribution >= 0.6 is 0 Å². The Morgan fingerprint density at radius 3 is 2.62 bits per heavy atom. The first-order valence-electron chi connectivity index (χ1n) is 5.99. The first-order valence-corrected chi connectivity index (χ1v) is 5.99. The van der Waals surface area contributed by atoms with E-state index >= 15 is 0 Å². The molecule has 1 heterocycles. The molecular formula is C12H23NO3. The number of nitrogens with zero attached hydrogens (tertiary/aromatic N) is 1. The molecule has 0 aliphatic carbocycles. The van der Waals surface area contributed by atoms with Gasteiger partial charge in [0.15, 0.2) is 0 Å². The van der Waals surface area contributed by atoms with Crippen molar-refractivity contribution in [3.63, 3.8) is 0 Å². The third-order valence-electron chi connectivity index (χ3n) is 2.87. The monoisotopic (exact) mass is 229 g/mol. The van der Waals surface area contributed by atoms with Gasteiger partial charge in [0.05, 0.1) is 6.10 Å². The molecule has 4 nitrogen and oxygen atoms in total. The predicted octanol–water partition coefficient (Wildman–Crippen LogP) is 2.01. The van der Waals surface area contributed by atoms with E-state index in [2.05, 4.69) is 0 Å². The van der Waals surface area contributed by atoms with Crippen LogP contribution in [0.15, 0.2) is 0 Å². The van der Waals surface area contributed by atoms with Gasteiger partial charge in [0.2, 0.25) is 0 Å². The number of piperidine rings is 1. The normalized spacial score (nSPS) is 26.7. The third-order valence-corrected chi connectivity index (χ3v) is 2.87. The minimum atomic E-state index is -0.450. The fourth-order valence-electron chi connectivity index (χ4n) is 1.91. The Morgan fingerprint density at radius 1 is 1.50 bits per heavy atom. The van der Waals surface area contributed by atoms with Gasteiger partial charge in [-0.2, -0.15) is 0 Å². The number of likely N-dealkylation sites (tertiary alicyclic amines) is 1. The summed E-state index contributed by atoms with van der Waals surface area (Å²) in [5.74, 6) is 0.182. The first-order chi connectivity index (χ1) is 7.33. The Labute approximate surface area is 97.6 Å². The SMILES string of the molecule is CCC1CN(C(=O)OC(C)(C)C)CCC1O. The largest absolute Gasteiger partial charge is 0.444 e. The fraction of sp³-hybridized carbons (Fsp3) is 0.917. The molecule has 94 valence electrons. The van der Waals surface area contributed by atoms with Gasteiger partial charge in [0.1, 0.15) is 5.60 Å². The van der Waals surface area contributed by atoms with Crippen molar-refractivity contribution in [1.82, 2.24) is 4.90 Å². The van der Waals surface area contributed by atoms with E-state index in [0.717, 1.165) is 6.42 Å². The van der Waals surface area contributed by atoms with Gasteiger partial charge in [-0.25, -0.2) is 4.79 Å². The van der Waals surface area contributed by atoms with Gasteiger partial charge in [-0.15, -0.1) is 0 Å². The zero-order valence-electron chi connectivity index (χ0n) is 10.7. The van der Waals surface area contributed by atoms with E-state index in [1.165, 1.54) is 0 Å². The summed E-state index contributed by atoms with van der Waals surface area (Å²) in [4.78, 5) is 13.5. The molecule has 2 unspecified atom stereocenters. The molecule has 4 heteroatoms. The average Bonchev–Trinajstić information content (AvgIpc) is 2.15. The second kappa shape index (κ2) is 5.04. The van der Waals surface area contributed by atoms with Gasteiger partial charge in [0.25, 0.3) is 0 Å². The van der Waals surface area contributed by atoms with Gasteiger partial charge in [-0.1, -0.05) is 6.92 Å². The molecular weight excluding hydrogens is 206 g/mol. The number of carbonyl (C=O) groups is 1. The summed E-state index contributed by atoms with van der Waals surface area (Å²) >= 11 is 0. The van der Waals surface area contributed by atoms with Crippen LogP contribution in [0, 0.1) is 5.92 Å². The topological polar surface area (TPSA) is 49.8 Å². The zero-order chi connectivity index (χ0) is 12.3. The number of amides is 1. The summed E-state index contributed by atoms with van der Waals surface area (Å²) in [5.41, 5.74) is -0.450. The molecule has 0 spiro atoms. The highest BCUT2D eigenvalue weighted by molar-refractivity contribution is 5.68. The van der Waals surface area contributed by atoms with Crippen LogP contribution in [0.25, 0.3) is 0 Å². The predicted molar refractivity (Wildman–Crippen MR) is 62.2 cm³/mol. The highest BCUT2D eigenvalue weighted by Gasteiger charge is 2.31. The second-order valence-corrected chi connectivity index (χ2v) is 5.45. The molecule has 16 heavy (non-hydrogen) atoms. The Kier molecular flexibility index (Phi) is 4.19. The lowest BCUT2D eigenvalue weighted by Crippen LogP contribution is -2.47. The molecule has 1 aliphatic rings. The second-order valence-electron chi connectivity index (χ2n) is 5.45. The van der Waals surface area contributed by atoms with Gasteiger partial charge in [0, 0.05) is 19.0 Å². The molecule has 1 saturated heterocycles. The number of carbonyl (C=O) groups excluding carboxylic acids is 1.